The van der Waals surface area contributed by atoms with E-state index in [9.17, 15) is 0 Å². The first-order chi connectivity index (χ1) is 10.2. The Balaban J connectivity index is 1.76. The van der Waals surface area contributed by atoms with Crippen LogP contribution in [0.4, 0.5) is 0 Å². The Morgan fingerprint density at radius 2 is 1.62 bits per heavy atom. The monoisotopic (exact) mass is 325 g/mol. The minimum atomic E-state index is 0.463. The maximum Gasteiger partial charge on any atom is 0.139 e. The molecule has 21 heavy (non-hydrogen) atoms. The molecule has 0 aliphatic heterocycles. The predicted molar refractivity (Wildman–Crippen MR) is 86.4 cm³/mol. The van der Waals surface area contributed by atoms with E-state index in [-0.39, 0.29) is 0 Å². The van der Waals surface area contributed by atoms with Gasteiger partial charge in [0.1, 0.15) is 11.5 Å². The molecule has 0 aromatic heterocycles. The largest absolute Gasteiger partial charge is 0.493 e. The molecule has 0 unspecified atom stereocenters. The molecule has 0 saturated carbocycles. The molecular weight excluding hydrogens is 309 g/mol. The maximum absolute atomic E-state index is 6.02. The van der Waals surface area contributed by atoms with Crippen LogP contribution >= 0.6 is 23.2 Å². The van der Waals surface area contributed by atoms with Gasteiger partial charge < -0.3 is 15.2 Å². The first kappa shape index (κ1) is 16.0. The summed E-state index contributed by atoms with van der Waals surface area (Å²) in [6.07, 6.45) is 0.738. The molecule has 112 valence electrons. The number of hydrogen-bond acceptors (Lipinski definition) is 3. The fourth-order valence-corrected chi connectivity index (χ4v) is 2.16. The van der Waals surface area contributed by atoms with E-state index in [1.165, 1.54) is 0 Å². The molecule has 0 radical (unpaired) electrons. The molecule has 0 aliphatic carbocycles. The minimum Gasteiger partial charge on any atom is -0.493 e. The summed E-state index contributed by atoms with van der Waals surface area (Å²) in [5, 5.41) is 1.15. The number of rotatable bonds is 7. The Morgan fingerprint density at radius 3 is 2.38 bits per heavy atom. The fraction of sp³-hybridized carbons (Fsp3) is 0.250. The van der Waals surface area contributed by atoms with Crippen LogP contribution in [0.2, 0.25) is 10.0 Å². The van der Waals surface area contributed by atoms with Gasteiger partial charge in [-0.1, -0.05) is 41.4 Å². The van der Waals surface area contributed by atoms with Crippen molar-refractivity contribution in [3.05, 3.63) is 58.1 Å². The summed E-state index contributed by atoms with van der Waals surface area (Å²) in [6.45, 7) is 1.52. The molecule has 2 aromatic carbocycles. The Kier molecular flexibility index (Phi) is 6.18. The number of para-hydroxylation sites is 1. The molecule has 0 fully saturated rings. The quantitative estimate of drug-likeness (QED) is 0.772. The predicted octanol–water partition coefficient (Wildman–Crippen LogP) is 4.30. The van der Waals surface area contributed by atoms with E-state index in [1.54, 1.807) is 18.2 Å². The van der Waals surface area contributed by atoms with Gasteiger partial charge in [-0.05, 0) is 18.2 Å². The van der Waals surface area contributed by atoms with E-state index in [1.807, 2.05) is 24.3 Å². The van der Waals surface area contributed by atoms with Crippen LogP contribution in [0.5, 0.6) is 11.5 Å². The third kappa shape index (κ3) is 4.81. The van der Waals surface area contributed by atoms with E-state index in [4.69, 9.17) is 38.4 Å². The van der Waals surface area contributed by atoms with Crippen LogP contribution in [0.3, 0.4) is 0 Å². The second-order valence-corrected chi connectivity index (χ2v) is 5.28. The highest BCUT2D eigenvalue weighted by Gasteiger charge is 2.03. The molecule has 2 aromatic rings. The summed E-state index contributed by atoms with van der Waals surface area (Å²) < 4.78 is 11.3. The standard InChI is InChI=1S/C16H17Cl2NO2/c17-13-6-7-14(18)16(10-13)21-9-3-8-20-15-5-2-1-4-12(15)11-19/h1-2,4-7,10H,3,8-9,11,19H2. The molecular formula is C16H17Cl2NO2. The zero-order chi connectivity index (χ0) is 15.1. The van der Waals surface area contributed by atoms with Crippen molar-refractivity contribution >= 4 is 23.2 Å². The molecule has 5 heteroatoms. The highest BCUT2D eigenvalue weighted by atomic mass is 35.5. The van der Waals surface area contributed by atoms with Crippen molar-refractivity contribution in [3.8, 4) is 11.5 Å². The maximum atomic E-state index is 6.02. The average Bonchev–Trinajstić information content (AvgIpc) is 2.50. The van der Waals surface area contributed by atoms with Gasteiger partial charge in [0.15, 0.2) is 0 Å². The normalized spacial score (nSPS) is 10.4. The number of halogens is 2. The van der Waals surface area contributed by atoms with Crippen molar-refractivity contribution in [2.75, 3.05) is 13.2 Å². The smallest absolute Gasteiger partial charge is 0.139 e. The lowest BCUT2D eigenvalue weighted by Gasteiger charge is -2.11. The van der Waals surface area contributed by atoms with Crippen LogP contribution in [0.1, 0.15) is 12.0 Å². The van der Waals surface area contributed by atoms with Crippen LogP contribution in [0.25, 0.3) is 0 Å². The Morgan fingerprint density at radius 1 is 0.905 bits per heavy atom. The van der Waals surface area contributed by atoms with E-state index in [0.29, 0.717) is 35.6 Å². The highest BCUT2D eigenvalue weighted by Crippen LogP contribution is 2.27. The topological polar surface area (TPSA) is 44.5 Å². The fourth-order valence-electron chi connectivity index (χ4n) is 1.82. The molecule has 0 heterocycles. The van der Waals surface area contributed by atoms with E-state index < -0.39 is 0 Å². The van der Waals surface area contributed by atoms with Gasteiger partial charge in [-0.15, -0.1) is 0 Å². The van der Waals surface area contributed by atoms with Crippen LogP contribution in [0, 0.1) is 0 Å². The van der Waals surface area contributed by atoms with Crippen molar-refractivity contribution in [1.82, 2.24) is 0 Å². The molecule has 0 saturated heterocycles. The number of nitrogens with two attached hydrogens (primary N) is 1. The summed E-state index contributed by atoms with van der Waals surface area (Å²) >= 11 is 11.9. The van der Waals surface area contributed by atoms with Crippen LogP contribution in [-0.4, -0.2) is 13.2 Å². The number of hydrogen-bond donors (Lipinski definition) is 1. The van der Waals surface area contributed by atoms with Crippen LogP contribution < -0.4 is 15.2 Å². The van der Waals surface area contributed by atoms with Gasteiger partial charge in [0, 0.05) is 29.6 Å². The molecule has 0 aliphatic rings. The van der Waals surface area contributed by atoms with Crippen LogP contribution in [0.15, 0.2) is 42.5 Å². The molecule has 0 amide bonds. The van der Waals surface area contributed by atoms with Crippen molar-refractivity contribution in [2.45, 2.75) is 13.0 Å². The summed E-state index contributed by atoms with van der Waals surface area (Å²) in [5.41, 5.74) is 6.65. The summed E-state index contributed by atoms with van der Waals surface area (Å²) in [4.78, 5) is 0. The lowest BCUT2D eigenvalue weighted by Crippen LogP contribution is -2.07. The lowest BCUT2D eigenvalue weighted by atomic mass is 10.2. The van der Waals surface area contributed by atoms with Crippen molar-refractivity contribution < 1.29 is 9.47 Å². The molecule has 0 atom stereocenters. The first-order valence-corrected chi connectivity index (χ1v) is 7.45. The van der Waals surface area contributed by atoms with Gasteiger partial charge in [0.2, 0.25) is 0 Å². The Hall–Kier alpha value is -1.42. The van der Waals surface area contributed by atoms with E-state index in [0.717, 1.165) is 17.7 Å². The van der Waals surface area contributed by atoms with Crippen molar-refractivity contribution in [1.29, 1.82) is 0 Å². The van der Waals surface area contributed by atoms with Crippen molar-refractivity contribution in [2.24, 2.45) is 5.73 Å². The molecule has 2 rings (SSSR count). The highest BCUT2D eigenvalue weighted by molar-refractivity contribution is 6.34. The lowest BCUT2D eigenvalue weighted by molar-refractivity contribution is 0.246. The number of benzene rings is 2. The number of ether oxygens (including phenoxy) is 2. The van der Waals surface area contributed by atoms with E-state index in [2.05, 4.69) is 0 Å². The molecule has 2 N–H and O–H groups in total. The van der Waals surface area contributed by atoms with Gasteiger partial charge in [0.05, 0.1) is 18.2 Å². The molecule has 3 nitrogen and oxygen atoms in total. The summed E-state index contributed by atoms with van der Waals surface area (Å²) in [6, 6.07) is 12.9. The Labute approximate surface area is 134 Å². The van der Waals surface area contributed by atoms with Crippen LogP contribution in [-0.2, 0) is 6.54 Å². The van der Waals surface area contributed by atoms with Gasteiger partial charge in [-0.25, -0.2) is 0 Å². The SMILES string of the molecule is NCc1ccccc1OCCCOc1cc(Cl)ccc1Cl. The second-order valence-electron chi connectivity index (χ2n) is 4.44. The van der Waals surface area contributed by atoms with Gasteiger partial charge >= 0.3 is 0 Å². The summed E-state index contributed by atoms with van der Waals surface area (Å²) in [7, 11) is 0. The molecule has 0 bridgehead atoms. The van der Waals surface area contributed by atoms with Crippen molar-refractivity contribution in [3.63, 3.8) is 0 Å². The average molecular weight is 326 g/mol. The van der Waals surface area contributed by atoms with E-state index >= 15 is 0 Å². The third-order valence-electron chi connectivity index (χ3n) is 2.89. The first-order valence-electron chi connectivity index (χ1n) is 6.69. The summed E-state index contributed by atoms with van der Waals surface area (Å²) in [5.74, 6) is 1.41. The van der Waals surface area contributed by atoms with Gasteiger partial charge in [-0.3, -0.25) is 0 Å². The zero-order valence-corrected chi connectivity index (χ0v) is 13.0. The van der Waals surface area contributed by atoms with Gasteiger partial charge in [-0.2, -0.15) is 0 Å². The second kappa shape index (κ2) is 8.13. The van der Waals surface area contributed by atoms with Gasteiger partial charge in [0.25, 0.3) is 0 Å². The third-order valence-corrected chi connectivity index (χ3v) is 3.44. The Bertz CT molecular complexity index is 590. The molecule has 0 spiro atoms. The zero-order valence-electron chi connectivity index (χ0n) is 11.5. The minimum absolute atomic E-state index is 0.463.